The summed E-state index contributed by atoms with van der Waals surface area (Å²) in [6, 6.07) is 1.52. The van der Waals surface area contributed by atoms with Gasteiger partial charge in [-0.3, -0.25) is 9.59 Å². The highest BCUT2D eigenvalue weighted by Crippen LogP contribution is 2.25. The van der Waals surface area contributed by atoms with Gasteiger partial charge >= 0.3 is 5.97 Å². The second kappa shape index (κ2) is 6.82. The average molecular weight is 307 g/mol. The number of carbonyl (C=O) groups is 2. The van der Waals surface area contributed by atoms with Crippen LogP contribution < -0.4 is 0 Å². The van der Waals surface area contributed by atoms with E-state index in [9.17, 15) is 9.59 Å². The van der Waals surface area contributed by atoms with Crippen molar-refractivity contribution >= 4 is 35.1 Å². The molecule has 0 aliphatic heterocycles. The van der Waals surface area contributed by atoms with Crippen molar-refractivity contribution in [1.82, 2.24) is 9.47 Å². The molecule has 1 aromatic rings. The molecule has 1 rings (SSSR count). The van der Waals surface area contributed by atoms with Crippen molar-refractivity contribution in [3.05, 3.63) is 21.9 Å². The minimum absolute atomic E-state index is 0.155. The summed E-state index contributed by atoms with van der Waals surface area (Å²) < 4.78 is 6.07. The molecule has 0 aliphatic rings. The molecule has 7 heteroatoms. The van der Waals surface area contributed by atoms with Crippen LogP contribution in [0.1, 0.15) is 23.8 Å². The second-order valence-corrected chi connectivity index (χ2v) is 4.70. The van der Waals surface area contributed by atoms with Crippen LogP contribution in [0.5, 0.6) is 0 Å². The monoisotopic (exact) mass is 306 g/mol. The number of amides is 1. The quantitative estimate of drug-likeness (QED) is 0.785. The SMILES string of the molecule is CCN(CCC(=O)OC)C(=O)c1cc(Cl)c(Cl)n1C. The zero-order valence-electron chi connectivity index (χ0n) is 11.1. The number of ether oxygens (including phenoxy) is 1. The molecule has 0 N–H and O–H groups in total. The predicted octanol–water partition coefficient (Wildman–Crippen LogP) is 2.36. The predicted molar refractivity (Wildman–Crippen MR) is 73.6 cm³/mol. The fraction of sp³-hybridized carbons (Fsp3) is 0.500. The van der Waals surface area contributed by atoms with E-state index in [1.165, 1.54) is 17.7 Å². The third-order valence-electron chi connectivity index (χ3n) is 2.82. The van der Waals surface area contributed by atoms with Gasteiger partial charge in [-0.2, -0.15) is 0 Å². The number of rotatable bonds is 5. The van der Waals surface area contributed by atoms with Gasteiger partial charge in [0.15, 0.2) is 0 Å². The molecule has 0 spiro atoms. The van der Waals surface area contributed by atoms with Crippen LogP contribution in [-0.2, 0) is 16.6 Å². The summed E-state index contributed by atoms with van der Waals surface area (Å²) in [6.45, 7) is 2.61. The molecule has 1 aromatic heterocycles. The number of halogens is 2. The largest absolute Gasteiger partial charge is 0.469 e. The number of methoxy groups -OCH3 is 1. The molecule has 1 amide bonds. The van der Waals surface area contributed by atoms with Crippen LogP contribution in [0.3, 0.4) is 0 Å². The van der Waals surface area contributed by atoms with Crippen LogP contribution in [0.4, 0.5) is 0 Å². The summed E-state index contributed by atoms with van der Waals surface area (Å²) in [5, 5.41) is 0.644. The van der Waals surface area contributed by atoms with Gasteiger partial charge in [-0.25, -0.2) is 0 Å². The molecule has 0 aliphatic carbocycles. The number of hydrogen-bond acceptors (Lipinski definition) is 3. The number of aromatic nitrogens is 1. The van der Waals surface area contributed by atoms with Crippen LogP contribution in [0, 0.1) is 0 Å². The Morgan fingerprint density at radius 3 is 2.47 bits per heavy atom. The summed E-state index contributed by atoms with van der Waals surface area (Å²) in [7, 11) is 2.98. The summed E-state index contributed by atoms with van der Waals surface area (Å²) in [5.74, 6) is -0.572. The highest BCUT2D eigenvalue weighted by atomic mass is 35.5. The van der Waals surface area contributed by atoms with E-state index in [4.69, 9.17) is 23.2 Å². The summed E-state index contributed by atoms with van der Waals surface area (Å²) in [4.78, 5) is 24.9. The molecule has 0 bridgehead atoms. The first kappa shape index (κ1) is 15.9. The van der Waals surface area contributed by atoms with E-state index in [1.807, 2.05) is 6.92 Å². The average Bonchev–Trinajstić information content (AvgIpc) is 2.66. The topological polar surface area (TPSA) is 51.5 Å². The fourth-order valence-corrected chi connectivity index (χ4v) is 2.02. The molecular weight excluding hydrogens is 291 g/mol. The Balaban J connectivity index is 2.83. The minimum Gasteiger partial charge on any atom is -0.469 e. The summed E-state index contributed by atoms with van der Waals surface area (Å²) >= 11 is 11.8. The van der Waals surface area contributed by atoms with Crippen LogP contribution in [0.15, 0.2) is 6.07 Å². The van der Waals surface area contributed by atoms with Gasteiger partial charge in [0, 0.05) is 20.1 Å². The molecule has 106 valence electrons. The molecule has 0 radical (unpaired) electrons. The normalized spacial score (nSPS) is 10.4. The molecule has 0 saturated heterocycles. The van der Waals surface area contributed by atoms with E-state index in [0.717, 1.165) is 0 Å². The summed E-state index contributed by atoms with van der Waals surface area (Å²) in [5.41, 5.74) is 0.390. The van der Waals surface area contributed by atoms with Crippen LogP contribution in [-0.4, -0.2) is 41.5 Å². The van der Waals surface area contributed by atoms with Gasteiger partial charge in [0.2, 0.25) is 0 Å². The smallest absolute Gasteiger partial charge is 0.307 e. The van der Waals surface area contributed by atoms with Crippen molar-refractivity contribution in [1.29, 1.82) is 0 Å². The highest BCUT2D eigenvalue weighted by molar-refractivity contribution is 6.41. The Bertz CT molecular complexity index is 486. The van der Waals surface area contributed by atoms with Gasteiger partial charge in [0.05, 0.1) is 18.6 Å². The first-order valence-electron chi connectivity index (χ1n) is 5.79. The lowest BCUT2D eigenvalue weighted by Crippen LogP contribution is -2.34. The van der Waals surface area contributed by atoms with Crippen molar-refractivity contribution in [3.8, 4) is 0 Å². The van der Waals surface area contributed by atoms with E-state index < -0.39 is 0 Å². The Kier molecular flexibility index (Phi) is 5.69. The van der Waals surface area contributed by atoms with Crippen molar-refractivity contribution in [2.24, 2.45) is 7.05 Å². The van der Waals surface area contributed by atoms with Gasteiger partial charge < -0.3 is 14.2 Å². The third kappa shape index (κ3) is 3.64. The van der Waals surface area contributed by atoms with E-state index in [0.29, 0.717) is 29.0 Å². The molecular formula is C12H16Cl2N2O3. The lowest BCUT2D eigenvalue weighted by atomic mass is 10.3. The van der Waals surface area contributed by atoms with E-state index in [2.05, 4.69) is 4.74 Å². The maximum Gasteiger partial charge on any atom is 0.307 e. The standard InChI is InChI=1S/C12H16Cl2N2O3/c1-4-16(6-5-10(17)19-3)12(18)9-7-8(13)11(14)15(9)2/h7H,4-6H2,1-3H3. The van der Waals surface area contributed by atoms with E-state index in [-0.39, 0.29) is 18.3 Å². The van der Waals surface area contributed by atoms with Crippen LogP contribution in [0.25, 0.3) is 0 Å². The molecule has 5 nitrogen and oxygen atoms in total. The van der Waals surface area contributed by atoms with E-state index in [1.54, 1.807) is 11.9 Å². The van der Waals surface area contributed by atoms with Gasteiger partial charge in [-0.15, -0.1) is 0 Å². The zero-order valence-corrected chi connectivity index (χ0v) is 12.6. The lowest BCUT2D eigenvalue weighted by molar-refractivity contribution is -0.140. The van der Waals surface area contributed by atoms with Gasteiger partial charge in [-0.1, -0.05) is 23.2 Å². The molecule has 0 saturated carbocycles. The van der Waals surface area contributed by atoms with Gasteiger partial charge in [0.1, 0.15) is 10.8 Å². The number of nitrogens with zero attached hydrogens (tertiary/aromatic N) is 2. The molecule has 0 aromatic carbocycles. The van der Waals surface area contributed by atoms with E-state index >= 15 is 0 Å². The Hall–Kier alpha value is -1.20. The Morgan fingerprint density at radius 2 is 2.05 bits per heavy atom. The second-order valence-electron chi connectivity index (χ2n) is 3.94. The van der Waals surface area contributed by atoms with Crippen molar-refractivity contribution in [2.45, 2.75) is 13.3 Å². The Labute approximate surface area is 122 Å². The van der Waals surface area contributed by atoms with Crippen LogP contribution >= 0.6 is 23.2 Å². The molecule has 0 atom stereocenters. The zero-order chi connectivity index (χ0) is 14.6. The van der Waals surface area contributed by atoms with Crippen molar-refractivity contribution < 1.29 is 14.3 Å². The highest BCUT2D eigenvalue weighted by Gasteiger charge is 2.21. The fourth-order valence-electron chi connectivity index (χ4n) is 1.64. The maximum absolute atomic E-state index is 12.3. The van der Waals surface area contributed by atoms with Crippen molar-refractivity contribution in [3.63, 3.8) is 0 Å². The molecule has 19 heavy (non-hydrogen) atoms. The van der Waals surface area contributed by atoms with Crippen LogP contribution in [0.2, 0.25) is 10.2 Å². The summed E-state index contributed by atoms with van der Waals surface area (Å²) in [6.07, 6.45) is 0.155. The number of carbonyl (C=O) groups excluding carboxylic acids is 2. The first-order chi connectivity index (χ1) is 8.92. The number of hydrogen-bond donors (Lipinski definition) is 0. The number of esters is 1. The maximum atomic E-state index is 12.3. The lowest BCUT2D eigenvalue weighted by Gasteiger charge is -2.20. The third-order valence-corrected chi connectivity index (χ3v) is 3.66. The molecule has 0 fully saturated rings. The first-order valence-corrected chi connectivity index (χ1v) is 6.54. The Morgan fingerprint density at radius 1 is 1.42 bits per heavy atom. The minimum atomic E-state index is -0.353. The molecule has 0 unspecified atom stereocenters. The van der Waals surface area contributed by atoms with Crippen molar-refractivity contribution in [2.75, 3.05) is 20.2 Å². The van der Waals surface area contributed by atoms with Gasteiger partial charge in [0.25, 0.3) is 5.91 Å². The molecule has 1 heterocycles. The van der Waals surface area contributed by atoms with Gasteiger partial charge in [-0.05, 0) is 13.0 Å².